The van der Waals surface area contributed by atoms with Gasteiger partial charge in [0.25, 0.3) is 14.1 Å². The number of nitriles is 1. The lowest BCUT2D eigenvalue weighted by Crippen LogP contribution is -2.39. The summed E-state index contributed by atoms with van der Waals surface area (Å²) in [4.78, 5) is 27.7. The molecule has 51 heavy (non-hydrogen) atoms. The zero-order chi connectivity index (χ0) is 36.5. The number of hydrogen-bond donors (Lipinski definition) is 1. The molecule has 12 heteroatoms. The summed E-state index contributed by atoms with van der Waals surface area (Å²) >= 11 is 0. The number of ether oxygens (including phenoxy) is 3. The quantitative estimate of drug-likeness (QED) is 0.0756. The smallest absolute Gasteiger partial charge is 0.330 e. The Bertz CT molecular complexity index is 1810. The lowest BCUT2D eigenvalue weighted by molar-refractivity contribution is -0.0926. The van der Waals surface area contributed by atoms with Crippen molar-refractivity contribution in [1.29, 1.82) is 5.26 Å². The molecule has 1 aliphatic heterocycles. The molecule has 11 nitrogen and oxygen atoms in total. The van der Waals surface area contributed by atoms with E-state index in [1.54, 1.807) is 14.0 Å². The zero-order valence-corrected chi connectivity index (χ0v) is 30.9. The van der Waals surface area contributed by atoms with Crippen LogP contribution >= 0.6 is 8.53 Å². The van der Waals surface area contributed by atoms with Gasteiger partial charge >= 0.3 is 5.69 Å². The molecular formula is C39H47N4O7P. The Labute approximate surface area is 300 Å². The molecule has 1 fully saturated rings. The van der Waals surface area contributed by atoms with Crippen molar-refractivity contribution in [2.45, 2.75) is 83.6 Å². The lowest BCUT2D eigenvalue weighted by atomic mass is 9.80. The van der Waals surface area contributed by atoms with Gasteiger partial charge < -0.3 is 23.3 Å². The van der Waals surface area contributed by atoms with E-state index in [1.165, 1.54) is 10.8 Å². The molecule has 0 saturated carbocycles. The highest BCUT2D eigenvalue weighted by atomic mass is 31.2. The largest absolute Gasteiger partial charge is 0.497 e. The second kappa shape index (κ2) is 17.4. The fraction of sp³-hybridized carbons (Fsp3) is 0.410. The number of aromatic amines is 1. The van der Waals surface area contributed by atoms with Crippen LogP contribution in [0, 0.1) is 18.3 Å². The first-order valence-electron chi connectivity index (χ1n) is 17.2. The number of nitrogens with zero attached hydrogens (tertiary/aromatic N) is 3. The number of aryl methyl sites for hydroxylation is 1. The number of rotatable bonds is 16. The van der Waals surface area contributed by atoms with Crippen LogP contribution < -0.4 is 16.0 Å². The molecule has 1 aliphatic rings. The molecule has 1 unspecified atom stereocenters. The summed E-state index contributed by atoms with van der Waals surface area (Å²) < 4.78 is 36.0. The average molecular weight is 715 g/mol. The van der Waals surface area contributed by atoms with Gasteiger partial charge in [0.2, 0.25) is 0 Å². The van der Waals surface area contributed by atoms with Gasteiger partial charge in [0.1, 0.15) is 23.7 Å². The van der Waals surface area contributed by atoms with Gasteiger partial charge in [-0.25, -0.2) is 9.46 Å². The minimum atomic E-state index is -1.65. The van der Waals surface area contributed by atoms with E-state index in [-0.39, 0.29) is 38.1 Å². The summed E-state index contributed by atoms with van der Waals surface area (Å²) in [6.07, 6.45) is 0.0245. The summed E-state index contributed by atoms with van der Waals surface area (Å²) in [6, 6.07) is 30.2. The Morgan fingerprint density at radius 2 is 1.55 bits per heavy atom. The van der Waals surface area contributed by atoms with Gasteiger partial charge in [0, 0.05) is 30.3 Å². The van der Waals surface area contributed by atoms with Crippen LogP contribution in [0.4, 0.5) is 0 Å². The third kappa shape index (κ3) is 8.67. The number of benzene rings is 3. The summed E-state index contributed by atoms with van der Waals surface area (Å²) in [5.41, 5.74) is 0.999. The predicted octanol–water partition coefficient (Wildman–Crippen LogP) is 6.81. The van der Waals surface area contributed by atoms with Gasteiger partial charge in [-0.2, -0.15) is 5.26 Å². The number of methoxy groups -OCH3 is 1. The van der Waals surface area contributed by atoms with Crippen LogP contribution in [0.3, 0.4) is 0 Å². The van der Waals surface area contributed by atoms with E-state index >= 15 is 0 Å². The van der Waals surface area contributed by atoms with Crippen molar-refractivity contribution in [2.75, 3.05) is 20.3 Å². The van der Waals surface area contributed by atoms with Crippen molar-refractivity contribution >= 4 is 8.53 Å². The Morgan fingerprint density at radius 1 is 0.961 bits per heavy atom. The first-order chi connectivity index (χ1) is 24.6. The Hall–Kier alpha value is -4.14. The molecule has 1 N–H and O–H groups in total. The maximum atomic E-state index is 13.1. The Balaban J connectivity index is 1.58. The summed E-state index contributed by atoms with van der Waals surface area (Å²) in [5, 5.41) is 9.27. The van der Waals surface area contributed by atoms with E-state index in [2.05, 4.69) is 43.4 Å². The molecule has 3 aromatic carbocycles. The van der Waals surface area contributed by atoms with Crippen LogP contribution in [-0.2, 0) is 24.1 Å². The molecular weight excluding hydrogens is 667 g/mol. The van der Waals surface area contributed by atoms with Gasteiger partial charge in [-0.15, -0.1) is 0 Å². The van der Waals surface area contributed by atoms with Crippen LogP contribution in [0.5, 0.6) is 5.75 Å². The highest BCUT2D eigenvalue weighted by Crippen LogP contribution is 2.50. The maximum absolute atomic E-state index is 13.1. The number of H-pyrrole nitrogens is 1. The summed E-state index contributed by atoms with van der Waals surface area (Å²) in [5.74, 6) is 0.718. The molecule has 5 rings (SSSR count). The van der Waals surface area contributed by atoms with Gasteiger partial charge in [-0.05, 0) is 63.4 Å². The second-order valence-electron chi connectivity index (χ2n) is 13.0. The van der Waals surface area contributed by atoms with Crippen LogP contribution in [0.25, 0.3) is 0 Å². The van der Waals surface area contributed by atoms with Crippen LogP contribution in [0.1, 0.15) is 69.0 Å². The molecule has 1 aromatic heterocycles. The second-order valence-corrected chi connectivity index (χ2v) is 14.4. The van der Waals surface area contributed by atoms with Crippen molar-refractivity contribution in [2.24, 2.45) is 0 Å². The fourth-order valence-electron chi connectivity index (χ4n) is 6.47. The van der Waals surface area contributed by atoms with Gasteiger partial charge in [-0.3, -0.25) is 14.3 Å². The molecule has 270 valence electrons. The van der Waals surface area contributed by atoms with E-state index in [0.29, 0.717) is 5.56 Å². The van der Waals surface area contributed by atoms with Crippen molar-refractivity contribution in [3.8, 4) is 11.8 Å². The average Bonchev–Trinajstić information content (AvgIpc) is 3.53. The molecule has 4 aromatic rings. The Kier molecular flexibility index (Phi) is 13.0. The van der Waals surface area contributed by atoms with Gasteiger partial charge in [0.15, 0.2) is 0 Å². The molecule has 0 amide bonds. The van der Waals surface area contributed by atoms with E-state index in [9.17, 15) is 14.9 Å². The highest BCUT2D eigenvalue weighted by Gasteiger charge is 2.45. The fourth-order valence-corrected chi connectivity index (χ4v) is 8.23. The third-order valence-corrected chi connectivity index (χ3v) is 11.0. The van der Waals surface area contributed by atoms with Gasteiger partial charge in [0.05, 0.1) is 38.9 Å². The van der Waals surface area contributed by atoms with Crippen LogP contribution in [0.15, 0.2) is 101 Å². The Morgan fingerprint density at radius 3 is 2.10 bits per heavy atom. The minimum absolute atomic E-state index is 0.0683. The lowest BCUT2D eigenvalue weighted by Gasteiger charge is -2.39. The molecule has 2 heterocycles. The molecule has 0 radical (unpaired) electrons. The molecule has 0 bridgehead atoms. The topological polar surface area (TPSA) is 128 Å². The van der Waals surface area contributed by atoms with Crippen molar-refractivity contribution < 1.29 is 23.3 Å². The first kappa shape index (κ1) is 38.1. The van der Waals surface area contributed by atoms with Crippen molar-refractivity contribution in [3.05, 3.63) is 134 Å². The van der Waals surface area contributed by atoms with E-state index in [0.717, 1.165) is 22.4 Å². The van der Waals surface area contributed by atoms with Crippen molar-refractivity contribution in [3.63, 3.8) is 0 Å². The zero-order valence-electron chi connectivity index (χ0n) is 30.0. The SMILES string of the molecule is COc1ccc(C(OC[C@H]2O[C@@H](n3cc(C)c(=O)[nH]c3=O)C[C@@H]2OP(OCCC#N)N(C(C)C)C(C)C)(c2ccccc2)c2ccccc2)cc1. The molecule has 1 saturated heterocycles. The molecule has 4 atom stereocenters. The number of hydrogen-bond acceptors (Lipinski definition) is 9. The molecule has 0 spiro atoms. The summed E-state index contributed by atoms with van der Waals surface area (Å²) in [7, 11) is -0.0138. The summed E-state index contributed by atoms with van der Waals surface area (Å²) in [6.45, 7) is 10.2. The highest BCUT2D eigenvalue weighted by molar-refractivity contribution is 7.44. The molecule has 0 aliphatic carbocycles. The van der Waals surface area contributed by atoms with Crippen LogP contribution in [-0.4, -0.2) is 58.8 Å². The van der Waals surface area contributed by atoms with E-state index < -0.39 is 43.8 Å². The monoisotopic (exact) mass is 714 g/mol. The standard InChI is InChI=1S/C39H47N4O7P/c1-27(2)43(28(3)4)51(48-23-13-22-40)50-34-24-36(42-25-29(5)37(44)41-38(42)45)49-35(34)26-47-39(30-14-9-7-10-15-30,31-16-11-8-12-17-31)32-18-20-33(46-6)21-19-32/h7-12,14-21,25,27-28,34-36H,13,23-24,26H2,1-6H3,(H,41,44,45)/t34-,35+,36+,51?/m0/s1. The minimum Gasteiger partial charge on any atom is -0.497 e. The van der Waals surface area contributed by atoms with Gasteiger partial charge in [-0.1, -0.05) is 72.8 Å². The predicted molar refractivity (Wildman–Crippen MR) is 196 cm³/mol. The number of aromatic nitrogens is 2. The number of nitrogens with one attached hydrogen (secondary N) is 1. The van der Waals surface area contributed by atoms with E-state index in [1.807, 2.05) is 84.9 Å². The normalized spacial score (nSPS) is 18.3. The first-order valence-corrected chi connectivity index (χ1v) is 18.3. The van der Waals surface area contributed by atoms with Crippen LogP contribution in [0.2, 0.25) is 0 Å². The van der Waals surface area contributed by atoms with Crippen molar-refractivity contribution in [1.82, 2.24) is 14.2 Å². The third-order valence-electron chi connectivity index (χ3n) is 8.85. The maximum Gasteiger partial charge on any atom is 0.330 e. The van der Waals surface area contributed by atoms with E-state index in [4.69, 9.17) is 23.3 Å².